The molecule has 0 saturated heterocycles. The van der Waals surface area contributed by atoms with Crippen molar-refractivity contribution in [3.63, 3.8) is 0 Å². The van der Waals surface area contributed by atoms with Crippen molar-refractivity contribution in [2.24, 2.45) is 0 Å². The monoisotopic (exact) mass is 877 g/mol. The number of benzene rings is 7. The van der Waals surface area contributed by atoms with Crippen LogP contribution < -0.4 is 26.5 Å². The van der Waals surface area contributed by atoms with E-state index in [1.54, 1.807) is 0 Å². The van der Waals surface area contributed by atoms with Crippen LogP contribution in [0.1, 0.15) is 23.6 Å². The zero-order valence-electron chi connectivity index (χ0n) is 31.0. The van der Waals surface area contributed by atoms with Gasteiger partial charge >= 0.3 is 347 Å². The van der Waals surface area contributed by atoms with Crippen LogP contribution in [0.25, 0.3) is 0 Å². The van der Waals surface area contributed by atoms with Crippen LogP contribution in [0.3, 0.4) is 0 Å². The molecule has 5 radical (unpaired) electrons. The van der Waals surface area contributed by atoms with Crippen LogP contribution in [0.2, 0.25) is 0 Å². The van der Waals surface area contributed by atoms with Crippen LogP contribution in [0, 0.1) is 31.1 Å². The van der Waals surface area contributed by atoms with E-state index >= 15 is 0 Å². The Bertz CT molecular complexity index is 2240. The summed E-state index contributed by atoms with van der Waals surface area (Å²) in [6, 6.07) is 76.2. The zero-order chi connectivity index (χ0) is 37.8. The van der Waals surface area contributed by atoms with Crippen LogP contribution in [-0.4, -0.2) is 5.66 Å². The van der Waals surface area contributed by atoms with Crippen molar-refractivity contribution in [3.8, 4) is 0 Å². The van der Waals surface area contributed by atoms with E-state index in [1.165, 1.54) is 55.0 Å². The summed E-state index contributed by atoms with van der Waals surface area (Å²) in [7, 11) is 0. The first-order valence-electron chi connectivity index (χ1n) is 19.0. The van der Waals surface area contributed by atoms with Gasteiger partial charge in [-0.25, -0.2) is 0 Å². The molecule has 0 bridgehead atoms. The molecule has 0 amide bonds. The topological polar surface area (TPSA) is 0 Å². The SMILES string of the molecule is C[C@H]([C]1[CH][CH][CH][C]1c1ccccc1P(Br)(Cc1ccccc1)(c1ccccc1)c1ccccc1)P(Br)(Cc1ccccc1)(c1ccccc1)c1ccccc1. The van der Waals surface area contributed by atoms with Gasteiger partial charge in [0.05, 0.1) is 0 Å². The summed E-state index contributed by atoms with van der Waals surface area (Å²) in [5.74, 6) is 2.63. The van der Waals surface area contributed by atoms with Crippen molar-refractivity contribution >= 4 is 68.1 Å². The second-order valence-corrected chi connectivity index (χ2v) is 33.0. The molecule has 1 aliphatic rings. The maximum atomic E-state index is 4.86. The fraction of sp³-hybridized carbons (Fsp3) is 0.0784. The predicted molar refractivity (Wildman–Crippen MR) is 250 cm³/mol. The predicted octanol–water partition coefficient (Wildman–Crippen LogP) is 12.3. The summed E-state index contributed by atoms with van der Waals surface area (Å²) >= 11 is 9.70. The molecule has 1 fully saturated rings. The number of halogens is 2. The van der Waals surface area contributed by atoms with Crippen molar-refractivity contribution in [3.05, 3.63) is 254 Å². The molecule has 0 unspecified atom stereocenters. The van der Waals surface area contributed by atoms with Gasteiger partial charge in [-0.2, -0.15) is 0 Å². The van der Waals surface area contributed by atoms with Gasteiger partial charge in [-0.15, -0.1) is 0 Å². The third-order valence-corrected chi connectivity index (χ3v) is 31.9. The standard InChI is InChI=1S/C51H45Br2P2/c1-41(54(52,44-27-12-4-13-28-44,45-29-14-5-15-30-45)39-42-23-8-2-9-24-42)48-36-22-37-49(48)50-35-20-21-38-51(50)55(53,46-31-16-6-17-32-46,47-33-18-7-19-34-47)40-43-25-10-3-11-26-43/h2-38,41H,39-40H2,1H3/t41-/m1/s1. The molecule has 1 aliphatic carbocycles. The van der Waals surface area contributed by atoms with Gasteiger partial charge in [0.2, 0.25) is 0 Å². The molecule has 0 aliphatic heterocycles. The molecule has 0 N–H and O–H groups in total. The van der Waals surface area contributed by atoms with E-state index in [2.05, 4.69) is 232 Å². The van der Waals surface area contributed by atoms with Gasteiger partial charge in [0.15, 0.2) is 0 Å². The summed E-state index contributed by atoms with van der Waals surface area (Å²) < 4.78 is 0. The summed E-state index contributed by atoms with van der Waals surface area (Å²) in [5.41, 5.74) is 4.01. The first-order chi connectivity index (χ1) is 26.8. The van der Waals surface area contributed by atoms with Crippen molar-refractivity contribution in [1.29, 1.82) is 0 Å². The average Bonchev–Trinajstić information content (AvgIpc) is 3.75. The number of hydrogen-bond donors (Lipinski definition) is 0. The molecule has 7 aromatic rings. The Morgan fingerprint density at radius 3 is 1.27 bits per heavy atom. The number of rotatable bonds is 12. The van der Waals surface area contributed by atoms with Crippen molar-refractivity contribution in [1.82, 2.24) is 0 Å². The second-order valence-electron chi connectivity index (χ2n) is 14.7. The van der Waals surface area contributed by atoms with E-state index in [4.69, 9.17) is 31.0 Å². The molecule has 0 heterocycles. The van der Waals surface area contributed by atoms with E-state index in [-0.39, 0.29) is 5.66 Å². The Morgan fingerprint density at radius 2 is 0.800 bits per heavy atom. The Morgan fingerprint density at radius 1 is 0.418 bits per heavy atom. The molecule has 55 heavy (non-hydrogen) atoms. The van der Waals surface area contributed by atoms with Crippen LogP contribution in [0.5, 0.6) is 0 Å². The zero-order valence-corrected chi connectivity index (χ0v) is 36.0. The van der Waals surface area contributed by atoms with E-state index in [0.29, 0.717) is 0 Å². The second kappa shape index (κ2) is 15.7. The van der Waals surface area contributed by atoms with Gasteiger partial charge in [-0.1, -0.05) is 0 Å². The van der Waals surface area contributed by atoms with Crippen molar-refractivity contribution in [2.75, 3.05) is 0 Å². The Labute approximate surface area is 344 Å². The Hall–Kier alpha value is -3.64. The first kappa shape index (κ1) is 38.2. The van der Waals surface area contributed by atoms with Gasteiger partial charge in [0.25, 0.3) is 0 Å². The molecule has 4 heteroatoms. The van der Waals surface area contributed by atoms with Gasteiger partial charge < -0.3 is 0 Å². The number of hydrogen-bond acceptors (Lipinski definition) is 0. The van der Waals surface area contributed by atoms with E-state index < -0.39 is 10.6 Å². The van der Waals surface area contributed by atoms with Crippen LogP contribution in [0.4, 0.5) is 0 Å². The fourth-order valence-corrected chi connectivity index (χ4v) is 25.2. The van der Waals surface area contributed by atoms with Gasteiger partial charge in [0.1, 0.15) is 0 Å². The molecule has 0 spiro atoms. The molecular formula is C51H45Br2P2. The summed E-state index contributed by atoms with van der Waals surface area (Å²) in [5, 5.41) is 0.0208. The Kier molecular flexibility index (Phi) is 10.9. The molecule has 1 saturated carbocycles. The van der Waals surface area contributed by atoms with Gasteiger partial charge in [0, 0.05) is 0 Å². The van der Waals surface area contributed by atoms with Crippen LogP contribution in [-0.2, 0) is 12.3 Å². The molecule has 7 aromatic carbocycles. The Balaban J connectivity index is 1.37. The maximum absolute atomic E-state index is 4.86. The van der Waals surface area contributed by atoms with E-state index in [1.807, 2.05) is 0 Å². The summed E-state index contributed by atoms with van der Waals surface area (Å²) in [4.78, 5) is 0. The van der Waals surface area contributed by atoms with Gasteiger partial charge in [-0.05, 0) is 0 Å². The fourth-order valence-electron chi connectivity index (χ4n) is 8.90. The van der Waals surface area contributed by atoms with Crippen molar-refractivity contribution in [2.45, 2.75) is 24.9 Å². The van der Waals surface area contributed by atoms with Crippen LogP contribution in [0.15, 0.2) is 206 Å². The molecule has 273 valence electrons. The third-order valence-electron chi connectivity index (χ3n) is 11.7. The molecule has 0 aromatic heterocycles. The normalized spacial score (nSPS) is 16.1. The quantitative estimate of drug-likeness (QED) is 0.107. The minimum absolute atomic E-state index is 0.109. The third kappa shape index (κ3) is 6.62. The summed E-state index contributed by atoms with van der Waals surface area (Å²) in [6.45, 7) is 2.48. The molecule has 0 nitrogen and oxygen atoms in total. The minimum atomic E-state index is -3.40. The average molecular weight is 880 g/mol. The molecule has 1 atom stereocenters. The van der Waals surface area contributed by atoms with E-state index in [0.717, 1.165) is 12.3 Å². The van der Waals surface area contributed by atoms with Crippen LogP contribution >= 0.6 is 41.6 Å². The summed E-state index contributed by atoms with van der Waals surface area (Å²) in [6.07, 6.45) is 8.75. The molecular weight excluding hydrogens is 834 g/mol. The molecule has 8 rings (SSSR count). The van der Waals surface area contributed by atoms with Crippen molar-refractivity contribution < 1.29 is 0 Å². The van der Waals surface area contributed by atoms with E-state index in [9.17, 15) is 0 Å². The first-order valence-corrected chi connectivity index (χ1v) is 27.9. The van der Waals surface area contributed by atoms with Gasteiger partial charge in [-0.3, -0.25) is 0 Å².